The fourth-order valence-corrected chi connectivity index (χ4v) is 3.39. The summed E-state index contributed by atoms with van der Waals surface area (Å²) < 4.78 is 5.80. The van der Waals surface area contributed by atoms with Crippen molar-refractivity contribution >= 4 is 5.91 Å². The Balaban J connectivity index is 1.96. The number of rotatable bonds is 10. The Morgan fingerprint density at radius 3 is 2.38 bits per heavy atom. The van der Waals surface area contributed by atoms with Crippen LogP contribution in [0, 0.1) is 0 Å². The normalized spacial score (nSPS) is 12.7. The molecule has 1 amide bonds. The summed E-state index contributed by atoms with van der Waals surface area (Å²) in [6, 6.07) is 16.8. The molecule has 1 aromatic heterocycles. The molecular formula is C24H26N2O6. The molecule has 0 radical (unpaired) electrons. The molecule has 0 spiro atoms. The molecule has 32 heavy (non-hydrogen) atoms. The smallest absolute Gasteiger partial charge is 0.251 e. The van der Waals surface area contributed by atoms with Crippen LogP contribution < -0.4 is 15.5 Å². The maximum atomic E-state index is 12.6. The molecule has 1 unspecified atom stereocenters. The van der Waals surface area contributed by atoms with E-state index in [0.717, 1.165) is 5.56 Å². The average molecular weight is 438 g/mol. The van der Waals surface area contributed by atoms with E-state index in [-0.39, 0.29) is 50.1 Å². The zero-order valence-electron chi connectivity index (χ0n) is 17.5. The third-order valence-corrected chi connectivity index (χ3v) is 5.05. The molecule has 1 atom stereocenters. The largest absolute Gasteiger partial charge is 0.483 e. The van der Waals surface area contributed by atoms with Crippen molar-refractivity contribution in [1.82, 2.24) is 10.3 Å². The third kappa shape index (κ3) is 5.23. The van der Waals surface area contributed by atoms with Crippen molar-refractivity contribution in [2.24, 2.45) is 0 Å². The number of carbonyl (C=O) groups is 1. The number of ether oxygens (including phenoxy) is 1. The molecule has 0 saturated heterocycles. The monoisotopic (exact) mass is 438 g/mol. The fourth-order valence-electron chi connectivity index (χ4n) is 3.39. The van der Waals surface area contributed by atoms with Gasteiger partial charge < -0.3 is 30.4 Å². The number of amides is 1. The second-order valence-electron chi connectivity index (χ2n) is 7.21. The van der Waals surface area contributed by atoms with Gasteiger partial charge in [-0.1, -0.05) is 42.5 Å². The first-order valence-corrected chi connectivity index (χ1v) is 10.2. The molecule has 1 heterocycles. The summed E-state index contributed by atoms with van der Waals surface area (Å²) in [5.41, 5.74) is -0.488. The van der Waals surface area contributed by atoms with Gasteiger partial charge in [-0.3, -0.25) is 9.59 Å². The Bertz CT molecular complexity index is 1080. The maximum Gasteiger partial charge on any atom is 0.251 e. The van der Waals surface area contributed by atoms with Crippen molar-refractivity contribution in [3.63, 3.8) is 0 Å². The molecule has 0 aliphatic heterocycles. The molecule has 0 aliphatic carbocycles. The van der Waals surface area contributed by atoms with E-state index in [1.54, 1.807) is 12.1 Å². The first-order valence-electron chi connectivity index (χ1n) is 10.2. The molecule has 0 aliphatic rings. The molecule has 0 bridgehead atoms. The summed E-state index contributed by atoms with van der Waals surface area (Å²) >= 11 is 0. The predicted molar refractivity (Wildman–Crippen MR) is 118 cm³/mol. The molecule has 5 N–H and O–H groups in total. The Labute approximate surface area is 185 Å². The quantitative estimate of drug-likeness (QED) is 0.324. The van der Waals surface area contributed by atoms with Gasteiger partial charge in [0.2, 0.25) is 5.43 Å². The lowest BCUT2D eigenvalue weighted by atomic mass is 9.86. The molecule has 8 nitrogen and oxygen atoms in total. The number of aliphatic hydroxyl groups excluding tert-OH is 2. The number of nitrogens with one attached hydrogen (secondary N) is 2. The van der Waals surface area contributed by atoms with Crippen molar-refractivity contribution in [3.05, 3.63) is 99.5 Å². The minimum absolute atomic E-state index is 0.0444. The number of pyridine rings is 1. The lowest BCUT2D eigenvalue weighted by molar-refractivity contribution is 0.0433. The van der Waals surface area contributed by atoms with E-state index in [4.69, 9.17) is 9.84 Å². The Morgan fingerprint density at radius 1 is 1.00 bits per heavy atom. The third-order valence-electron chi connectivity index (χ3n) is 5.05. The molecule has 168 valence electrons. The van der Waals surface area contributed by atoms with E-state index in [9.17, 15) is 19.8 Å². The van der Waals surface area contributed by atoms with Crippen LogP contribution in [-0.2, 0) is 12.2 Å². The number of aromatic amines is 1. The van der Waals surface area contributed by atoms with Crippen LogP contribution >= 0.6 is 0 Å². The van der Waals surface area contributed by atoms with Crippen LogP contribution in [0.1, 0.15) is 33.6 Å². The molecule has 0 fully saturated rings. The van der Waals surface area contributed by atoms with E-state index in [2.05, 4.69) is 10.3 Å². The zero-order chi connectivity index (χ0) is 23.0. The molecule has 3 aromatic rings. The van der Waals surface area contributed by atoms with Gasteiger partial charge in [0.1, 0.15) is 12.2 Å². The van der Waals surface area contributed by atoms with Gasteiger partial charge in [0.25, 0.3) is 5.91 Å². The van der Waals surface area contributed by atoms with E-state index >= 15 is 0 Å². The highest BCUT2D eigenvalue weighted by atomic mass is 16.5. The molecular weight excluding hydrogens is 412 g/mol. The first-order chi connectivity index (χ1) is 15.5. The summed E-state index contributed by atoms with van der Waals surface area (Å²) in [6.45, 7) is -0.278. The van der Waals surface area contributed by atoms with Gasteiger partial charge in [0.15, 0.2) is 5.75 Å². The standard InChI is InChI=1S/C24H26N2O6/c27-14-11-24(31,19-8-6-18(7-9-19)23(30)26-13-15-28)22-21(20(29)10-12-25-22)32-16-17-4-2-1-3-5-17/h1-10,12,27-28,31H,11,13-16H2,(H,25,29)(H,26,30). The predicted octanol–water partition coefficient (Wildman–Crippen LogP) is 1.29. The maximum absolute atomic E-state index is 12.6. The summed E-state index contributed by atoms with van der Waals surface area (Å²) in [6.07, 6.45) is 1.30. The van der Waals surface area contributed by atoms with Gasteiger partial charge in [-0.05, 0) is 23.3 Å². The molecule has 2 aromatic carbocycles. The molecule has 3 rings (SSSR count). The lowest BCUT2D eigenvalue weighted by Crippen LogP contribution is -2.32. The van der Waals surface area contributed by atoms with Gasteiger partial charge in [-0.15, -0.1) is 0 Å². The fraction of sp³-hybridized carbons (Fsp3) is 0.250. The number of H-pyrrole nitrogens is 1. The van der Waals surface area contributed by atoms with Crippen LogP contribution in [0.5, 0.6) is 5.75 Å². The van der Waals surface area contributed by atoms with Gasteiger partial charge in [-0.2, -0.15) is 0 Å². The van der Waals surface area contributed by atoms with Crippen LogP contribution in [0.25, 0.3) is 0 Å². The Hall–Kier alpha value is -3.46. The summed E-state index contributed by atoms with van der Waals surface area (Å²) in [5.74, 6) is -0.409. The van der Waals surface area contributed by atoms with Crippen LogP contribution in [0.15, 0.2) is 71.7 Å². The van der Waals surface area contributed by atoms with Gasteiger partial charge in [0.05, 0.1) is 12.3 Å². The summed E-state index contributed by atoms with van der Waals surface area (Å²) in [5, 5.41) is 32.6. The first kappa shape index (κ1) is 23.2. The topological polar surface area (TPSA) is 132 Å². The zero-order valence-corrected chi connectivity index (χ0v) is 17.5. The second kappa shape index (κ2) is 10.7. The Morgan fingerprint density at radius 2 is 1.72 bits per heavy atom. The van der Waals surface area contributed by atoms with Gasteiger partial charge in [0, 0.05) is 37.4 Å². The highest BCUT2D eigenvalue weighted by Gasteiger charge is 2.36. The summed E-state index contributed by atoms with van der Waals surface area (Å²) in [4.78, 5) is 27.6. The van der Waals surface area contributed by atoms with Crippen molar-refractivity contribution in [2.45, 2.75) is 18.6 Å². The van der Waals surface area contributed by atoms with Crippen LogP contribution in [0.2, 0.25) is 0 Å². The molecule has 8 heteroatoms. The number of benzene rings is 2. The van der Waals surface area contributed by atoms with Crippen molar-refractivity contribution in [1.29, 1.82) is 0 Å². The van der Waals surface area contributed by atoms with E-state index < -0.39 is 11.0 Å². The SMILES string of the molecule is O=C(NCCO)c1ccc(C(O)(CCO)c2[nH]ccc(=O)c2OCc2ccccc2)cc1. The van der Waals surface area contributed by atoms with Gasteiger partial charge in [-0.25, -0.2) is 0 Å². The van der Waals surface area contributed by atoms with Crippen molar-refractivity contribution < 1.29 is 24.9 Å². The van der Waals surface area contributed by atoms with E-state index in [1.165, 1.54) is 24.4 Å². The van der Waals surface area contributed by atoms with Crippen LogP contribution in [0.4, 0.5) is 0 Å². The number of hydrogen-bond acceptors (Lipinski definition) is 6. The van der Waals surface area contributed by atoms with Crippen LogP contribution in [-0.4, -0.2) is 46.0 Å². The highest BCUT2D eigenvalue weighted by Crippen LogP contribution is 2.35. The van der Waals surface area contributed by atoms with Crippen LogP contribution in [0.3, 0.4) is 0 Å². The van der Waals surface area contributed by atoms with Crippen molar-refractivity contribution in [2.75, 3.05) is 19.8 Å². The minimum atomic E-state index is -1.76. The van der Waals surface area contributed by atoms with Gasteiger partial charge >= 0.3 is 0 Å². The number of aromatic nitrogens is 1. The second-order valence-corrected chi connectivity index (χ2v) is 7.21. The molecule has 0 saturated carbocycles. The number of hydrogen-bond donors (Lipinski definition) is 5. The average Bonchev–Trinajstić information content (AvgIpc) is 2.82. The lowest BCUT2D eigenvalue weighted by Gasteiger charge is -2.29. The Kier molecular flexibility index (Phi) is 7.77. The van der Waals surface area contributed by atoms with Crippen molar-refractivity contribution in [3.8, 4) is 5.75 Å². The highest BCUT2D eigenvalue weighted by molar-refractivity contribution is 5.94. The van der Waals surface area contributed by atoms with E-state index in [0.29, 0.717) is 11.1 Å². The number of carbonyl (C=O) groups excluding carboxylic acids is 1. The summed E-state index contributed by atoms with van der Waals surface area (Å²) in [7, 11) is 0. The number of aliphatic hydroxyl groups is 3. The van der Waals surface area contributed by atoms with E-state index in [1.807, 2.05) is 30.3 Å². The minimum Gasteiger partial charge on any atom is -0.483 e.